The van der Waals surface area contributed by atoms with Gasteiger partial charge in [0.25, 0.3) is 0 Å². The number of aliphatic carboxylic acids is 3. The van der Waals surface area contributed by atoms with Gasteiger partial charge >= 0.3 is 17.9 Å². The van der Waals surface area contributed by atoms with Crippen LogP contribution in [0.1, 0.15) is 18.1 Å². The number of aryl methyl sites for hydroxylation is 1. The van der Waals surface area contributed by atoms with Crippen LogP contribution in [-0.2, 0) is 30.4 Å². The summed E-state index contributed by atoms with van der Waals surface area (Å²) in [4.78, 5) is 67.2. The highest BCUT2D eigenvalue weighted by atomic mass is 16.4. The zero-order valence-corrected chi connectivity index (χ0v) is 24.5. The summed E-state index contributed by atoms with van der Waals surface area (Å²) in [5, 5.41) is 33.7. The van der Waals surface area contributed by atoms with Gasteiger partial charge in [-0.15, -0.1) is 0 Å². The van der Waals surface area contributed by atoms with Crippen molar-refractivity contribution >= 4 is 29.7 Å². The molecule has 2 amide bonds. The maximum atomic E-state index is 13.2. The van der Waals surface area contributed by atoms with E-state index in [1.807, 2.05) is 36.1 Å². The molecule has 1 atom stereocenters. The molecule has 1 saturated heterocycles. The van der Waals surface area contributed by atoms with E-state index in [-0.39, 0.29) is 64.2 Å². The number of nitrogens with one attached hydrogen (secondary N) is 2. The van der Waals surface area contributed by atoms with Gasteiger partial charge in [-0.3, -0.25) is 43.6 Å². The molecule has 0 saturated carbocycles. The number of likely N-dealkylation sites (N-methyl/N-ethyl adjacent to an activating group) is 1. The molecule has 1 aliphatic rings. The minimum atomic E-state index is -1.03. The molecule has 0 bridgehead atoms. The number of hydrogen-bond acceptors (Lipinski definition) is 9. The zero-order chi connectivity index (χ0) is 31.1. The molecule has 234 valence electrons. The Morgan fingerprint density at radius 3 is 1.43 bits per heavy atom. The van der Waals surface area contributed by atoms with Crippen molar-refractivity contribution in [2.45, 2.75) is 26.3 Å². The van der Waals surface area contributed by atoms with Gasteiger partial charge in [0.15, 0.2) is 0 Å². The molecule has 1 aromatic carbocycles. The minimum absolute atomic E-state index is 0.0727. The second-order valence-corrected chi connectivity index (χ2v) is 10.5. The van der Waals surface area contributed by atoms with Gasteiger partial charge in [0.2, 0.25) is 11.8 Å². The van der Waals surface area contributed by atoms with Gasteiger partial charge in [-0.25, -0.2) is 0 Å². The van der Waals surface area contributed by atoms with Gasteiger partial charge in [0.1, 0.15) is 6.04 Å². The smallest absolute Gasteiger partial charge is 0.317 e. The molecular formula is C28H44N6O8. The fourth-order valence-corrected chi connectivity index (χ4v) is 4.69. The lowest BCUT2D eigenvalue weighted by molar-refractivity contribution is -0.140. The Balaban J connectivity index is 2.17. The van der Waals surface area contributed by atoms with Crippen molar-refractivity contribution in [3.05, 3.63) is 35.4 Å². The van der Waals surface area contributed by atoms with Gasteiger partial charge in [-0.1, -0.05) is 29.8 Å². The SMILES string of the molecule is CCNC(=O)[C@@H](Cc1ccc(C)cc1)NC(=O)CN1CCN(CC(=O)O)CCN(CC(=O)O)CCN(CC(=O)O)CC1. The highest BCUT2D eigenvalue weighted by Crippen LogP contribution is 2.07. The highest BCUT2D eigenvalue weighted by Gasteiger charge is 2.24. The molecule has 1 aromatic rings. The van der Waals surface area contributed by atoms with E-state index < -0.39 is 23.9 Å². The van der Waals surface area contributed by atoms with E-state index in [4.69, 9.17) is 0 Å². The first-order valence-corrected chi connectivity index (χ1v) is 14.1. The molecule has 14 nitrogen and oxygen atoms in total. The first kappa shape index (κ1) is 34.6. The molecule has 1 fully saturated rings. The van der Waals surface area contributed by atoms with E-state index in [0.717, 1.165) is 11.1 Å². The van der Waals surface area contributed by atoms with E-state index in [9.17, 15) is 39.3 Å². The Labute approximate surface area is 246 Å². The zero-order valence-electron chi connectivity index (χ0n) is 24.5. The van der Waals surface area contributed by atoms with Gasteiger partial charge in [0, 0.05) is 65.3 Å². The Morgan fingerprint density at radius 2 is 1.07 bits per heavy atom. The summed E-state index contributed by atoms with van der Waals surface area (Å²) >= 11 is 0. The second-order valence-electron chi connectivity index (χ2n) is 10.5. The molecule has 2 rings (SSSR count). The normalized spacial score (nSPS) is 17.4. The predicted octanol–water partition coefficient (Wildman–Crippen LogP) is -1.37. The number of hydrogen-bond donors (Lipinski definition) is 5. The summed E-state index contributed by atoms with van der Waals surface area (Å²) in [6, 6.07) is 6.91. The lowest BCUT2D eigenvalue weighted by Crippen LogP contribution is -2.52. The molecule has 0 radical (unpaired) electrons. The number of benzene rings is 1. The van der Waals surface area contributed by atoms with E-state index in [0.29, 0.717) is 39.1 Å². The summed E-state index contributed by atoms with van der Waals surface area (Å²) in [5.74, 6) is -3.75. The number of carbonyl (C=O) groups is 5. The van der Waals surface area contributed by atoms with Crippen LogP contribution in [0.15, 0.2) is 24.3 Å². The Bertz CT molecular complexity index is 1020. The summed E-state index contributed by atoms with van der Waals surface area (Å²) in [6.45, 7) is 5.71. The maximum absolute atomic E-state index is 13.2. The molecule has 14 heteroatoms. The number of carbonyl (C=O) groups excluding carboxylic acids is 2. The van der Waals surface area contributed by atoms with Crippen molar-refractivity contribution in [3.8, 4) is 0 Å². The summed E-state index contributed by atoms with van der Waals surface area (Å²) in [7, 11) is 0. The van der Waals surface area contributed by atoms with Crippen LogP contribution in [0.3, 0.4) is 0 Å². The molecular weight excluding hydrogens is 548 g/mol. The monoisotopic (exact) mass is 592 g/mol. The van der Waals surface area contributed by atoms with Crippen LogP contribution >= 0.6 is 0 Å². The van der Waals surface area contributed by atoms with Gasteiger partial charge in [-0.05, 0) is 19.4 Å². The number of rotatable bonds is 13. The largest absolute Gasteiger partial charge is 0.480 e. The van der Waals surface area contributed by atoms with Crippen molar-refractivity contribution in [1.29, 1.82) is 0 Å². The molecule has 1 aliphatic heterocycles. The summed E-state index contributed by atoms with van der Waals surface area (Å²) < 4.78 is 0. The number of carboxylic acid groups (broad SMARTS) is 3. The van der Waals surface area contributed by atoms with E-state index in [1.165, 1.54) is 0 Å². The van der Waals surface area contributed by atoms with Crippen LogP contribution in [0, 0.1) is 6.92 Å². The lowest BCUT2D eigenvalue weighted by atomic mass is 10.0. The molecule has 42 heavy (non-hydrogen) atoms. The molecule has 5 N–H and O–H groups in total. The van der Waals surface area contributed by atoms with Gasteiger partial charge in [0.05, 0.1) is 26.2 Å². The Hall–Kier alpha value is -3.59. The van der Waals surface area contributed by atoms with E-state index in [1.54, 1.807) is 21.6 Å². The summed E-state index contributed by atoms with van der Waals surface area (Å²) in [6.07, 6.45) is 0.309. The third kappa shape index (κ3) is 13.9. The third-order valence-electron chi connectivity index (χ3n) is 6.94. The van der Waals surface area contributed by atoms with Crippen molar-refractivity contribution in [2.75, 3.05) is 85.1 Å². The molecule has 1 heterocycles. The van der Waals surface area contributed by atoms with Gasteiger partial charge in [-0.2, -0.15) is 0 Å². The van der Waals surface area contributed by atoms with Crippen molar-refractivity contribution < 1.29 is 39.3 Å². The van der Waals surface area contributed by atoms with Crippen LogP contribution in [0.2, 0.25) is 0 Å². The van der Waals surface area contributed by atoms with E-state index >= 15 is 0 Å². The van der Waals surface area contributed by atoms with Crippen LogP contribution in [0.4, 0.5) is 0 Å². The first-order chi connectivity index (χ1) is 19.9. The van der Waals surface area contributed by atoms with Crippen LogP contribution in [-0.4, -0.2) is 156 Å². The maximum Gasteiger partial charge on any atom is 0.317 e. The average Bonchev–Trinajstić information content (AvgIpc) is 2.90. The molecule has 0 spiro atoms. The van der Waals surface area contributed by atoms with Crippen molar-refractivity contribution in [2.24, 2.45) is 0 Å². The number of carboxylic acids is 3. The minimum Gasteiger partial charge on any atom is -0.480 e. The fourth-order valence-electron chi connectivity index (χ4n) is 4.69. The molecule has 0 aromatic heterocycles. The molecule has 0 aliphatic carbocycles. The number of nitrogens with zero attached hydrogens (tertiary/aromatic N) is 4. The van der Waals surface area contributed by atoms with Crippen molar-refractivity contribution in [3.63, 3.8) is 0 Å². The Morgan fingerprint density at radius 1 is 0.690 bits per heavy atom. The highest BCUT2D eigenvalue weighted by molar-refractivity contribution is 5.88. The lowest BCUT2D eigenvalue weighted by Gasteiger charge is -2.33. The van der Waals surface area contributed by atoms with Crippen LogP contribution in [0.25, 0.3) is 0 Å². The molecule has 0 unspecified atom stereocenters. The third-order valence-corrected chi connectivity index (χ3v) is 6.94. The topological polar surface area (TPSA) is 183 Å². The van der Waals surface area contributed by atoms with Gasteiger partial charge < -0.3 is 26.0 Å². The standard InChI is InChI=1S/C28H44N6O8/c1-3-29-28(42)23(16-22-6-4-21(2)5-7-22)30-24(35)17-31-8-10-32(18-25(36)37)12-14-34(20-27(40)41)15-13-33(11-9-31)19-26(38)39/h4-7,23H,3,8-20H2,1-2H3,(H,29,42)(H,30,35)(H,36,37)(H,38,39)(H,40,41)/t23-/m1/s1. The van der Waals surface area contributed by atoms with Crippen LogP contribution < -0.4 is 10.6 Å². The summed E-state index contributed by atoms with van der Waals surface area (Å²) in [5.41, 5.74) is 1.98. The second kappa shape index (κ2) is 18.1. The Kier molecular flexibility index (Phi) is 14.9. The average molecular weight is 593 g/mol. The number of amides is 2. The van der Waals surface area contributed by atoms with E-state index in [2.05, 4.69) is 10.6 Å². The van der Waals surface area contributed by atoms with Crippen molar-refractivity contribution in [1.82, 2.24) is 30.2 Å². The first-order valence-electron chi connectivity index (χ1n) is 14.1. The fraction of sp³-hybridized carbons (Fsp3) is 0.607. The quantitative estimate of drug-likeness (QED) is 0.182. The van der Waals surface area contributed by atoms with Crippen LogP contribution in [0.5, 0.6) is 0 Å². The predicted molar refractivity (Wildman–Crippen MR) is 154 cm³/mol.